The van der Waals surface area contributed by atoms with Crippen molar-refractivity contribution in [3.05, 3.63) is 40.3 Å². The van der Waals surface area contributed by atoms with E-state index in [0.717, 1.165) is 11.3 Å². The van der Waals surface area contributed by atoms with Crippen molar-refractivity contribution in [1.82, 2.24) is 0 Å². The summed E-state index contributed by atoms with van der Waals surface area (Å²) < 4.78 is 27.9. The van der Waals surface area contributed by atoms with E-state index in [-0.39, 0.29) is 6.61 Å². The molecule has 3 unspecified atom stereocenters. The molecule has 1 aromatic carbocycles. The van der Waals surface area contributed by atoms with Gasteiger partial charge >= 0.3 is 0 Å². The van der Waals surface area contributed by atoms with Crippen molar-refractivity contribution in [3.8, 4) is 5.75 Å². The third-order valence-corrected chi connectivity index (χ3v) is 4.24. The molecule has 1 aromatic rings. The summed E-state index contributed by atoms with van der Waals surface area (Å²) in [6.07, 6.45) is -3.74. The molecule has 6 atom stereocenters. The van der Waals surface area contributed by atoms with Crippen molar-refractivity contribution < 1.29 is 28.8 Å². The molecule has 136 valence electrons. The fraction of sp³-hybridized carbons (Fsp3) is 0.625. The van der Waals surface area contributed by atoms with Crippen LogP contribution in [-0.2, 0) is 18.9 Å². The van der Waals surface area contributed by atoms with Gasteiger partial charge in [0.25, 0.3) is 0 Å². The lowest BCUT2D eigenvalue weighted by molar-refractivity contribution is -0.341. The molecule has 2 aliphatic rings. The zero-order chi connectivity index (χ0) is 17.8. The zero-order valence-corrected chi connectivity index (χ0v) is 14.0. The minimum Gasteiger partial charge on any atom is -0.497 e. The summed E-state index contributed by atoms with van der Waals surface area (Å²) >= 11 is 0. The number of fused-ring (bicyclic) bond motifs is 1. The number of aliphatic hydroxyl groups excluding tert-OH is 1. The molecule has 9 heteroatoms. The van der Waals surface area contributed by atoms with E-state index in [1.54, 1.807) is 26.2 Å². The van der Waals surface area contributed by atoms with Crippen LogP contribution in [0, 0.1) is 0 Å². The number of methoxy groups -OCH3 is 1. The van der Waals surface area contributed by atoms with E-state index in [2.05, 4.69) is 10.0 Å². The van der Waals surface area contributed by atoms with Crippen LogP contribution in [-0.4, -0.2) is 56.1 Å². The quantitative estimate of drug-likeness (QED) is 0.492. The van der Waals surface area contributed by atoms with Gasteiger partial charge in [-0.15, -0.1) is 0 Å². The molecule has 9 nitrogen and oxygen atoms in total. The molecule has 0 amide bonds. The number of nitrogens with zero attached hydrogens (tertiary/aromatic N) is 3. The molecule has 2 aliphatic heterocycles. The zero-order valence-electron chi connectivity index (χ0n) is 14.0. The lowest BCUT2D eigenvalue weighted by Crippen LogP contribution is -2.61. The van der Waals surface area contributed by atoms with Crippen molar-refractivity contribution >= 4 is 0 Å². The fourth-order valence-corrected chi connectivity index (χ4v) is 2.99. The highest BCUT2D eigenvalue weighted by molar-refractivity contribution is 5.28. The van der Waals surface area contributed by atoms with E-state index in [0.29, 0.717) is 6.61 Å². The second kappa shape index (κ2) is 8.01. The minimum atomic E-state index is -1.06. The van der Waals surface area contributed by atoms with Gasteiger partial charge in [-0.25, -0.2) is 0 Å². The highest BCUT2D eigenvalue weighted by Crippen LogP contribution is 2.35. The molecule has 2 heterocycles. The summed E-state index contributed by atoms with van der Waals surface area (Å²) in [5, 5.41) is 14.2. The maximum Gasteiger partial charge on any atom is 0.184 e. The monoisotopic (exact) mass is 351 g/mol. The first-order chi connectivity index (χ1) is 12.2. The lowest BCUT2D eigenvalue weighted by Gasteiger charge is -2.46. The van der Waals surface area contributed by atoms with Gasteiger partial charge in [-0.05, 0) is 24.6 Å². The van der Waals surface area contributed by atoms with E-state index in [1.807, 2.05) is 12.1 Å². The number of ether oxygens (including phenoxy) is 5. The number of azide groups is 1. The van der Waals surface area contributed by atoms with Gasteiger partial charge in [-0.3, -0.25) is 0 Å². The normalized spacial score (nSPS) is 34.7. The summed E-state index contributed by atoms with van der Waals surface area (Å²) in [7, 11) is 1.59. The summed E-state index contributed by atoms with van der Waals surface area (Å²) in [5.41, 5.74) is 9.55. The van der Waals surface area contributed by atoms with Crippen molar-refractivity contribution in [2.75, 3.05) is 20.3 Å². The number of benzene rings is 1. The molecule has 0 aliphatic carbocycles. The molecule has 0 aromatic heterocycles. The maximum atomic E-state index is 10.6. The Labute approximate surface area is 145 Å². The van der Waals surface area contributed by atoms with Crippen LogP contribution in [0.5, 0.6) is 5.75 Å². The van der Waals surface area contributed by atoms with Crippen molar-refractivity contribution in [3.63, 3.8) is 0 Å². The first-order valence-electron chi connectivity index (χ1n) is 8.08. The number of hydrogen-bond acceptors (Lipinski definition) is 7. The van der Waals surface area contributed by atoms with Gasteiger partial charge < -0.3 is 28.8 Å². The van der Waals surface area contributed by atoms with Crippen molar-refractivity contribution in [1.29, 1.82) is 0 Å². The smallest absolute Gasteiger partial charge is 0.184 e. The molecule has 0 radical (unpaired) electrons. The van der Waals surface area contributed by atoms with Gasteiger partial charge in [0.05, 0.1) is 19.8 Å². The molecular weight excluding hydrogens is 330 g/mol. The first-order valence-corrected chi connectivity index (χ1v) is 8.08. The average molecular weight is 351 g/mol. The fourth-order valence-electron chi connectivity index (χ4n) is 2.99. The highest BCUT2D eigenvalue weighted by Gasteiger charge is 2.49. The Morgan fingerprint density at radius 1 is 1.32 bits per heavy atom. The highest BCUT2D eigenvalue weighted by atomic mass is 16.7. The Hall–Kier alpha value is -1.87. The third kappa shape index (κ3) is 3.72. The summed E-state index contributed by atoms with van der Waals surface area (Å²) in [5.74, 6) is 0.724. The van der Waals surface area contributed by atoms with Crippen LogP contribution >= 0.6 is 0 Å². The summed E-state index contributed by atoms with van der Waals surface area (Å²) in [6.45, 7) is 2.38. The number of hydrogen-bond donors (Lipinski definition) is 1. The van der Waals surface area contributed by atoms with E-state index >= 15 is 0 Å². The molecule has 2 saturated heterocycles. The number of rotatable bonds is 5. The van der Waals surface area contributed by atoms with E-state index < -0.39 is 36.9 Å². The van der Waals surface area contributed by atoms with Crippen LogP contribution in [0.4, 0.5) is 0 Å². The predicted octanol–water partition coefficient (Wildman–Crippen LogP) is 1.91. The molecule has 0 saturated carbocycles. The Morgan fingerprint density at radius 3 is 2.72 bits per heavy atom. The van der Waals surface area contributed by atoms with Crippen LogP contribution in [0.3, 0.4) is 0 Å². The van der Waals surface area contributed by atoms with Crippen LogP contribution in [0.15, 0.2) is 29.4 Å². The van der Waals surface area contributed by atoms with E-state index in [1.165, 1.54) is 0 Å². The third-order valence-electron chi connectivity index (χ3n) is 4.24. The van der Waals surface area contributed by atoms with Crippen molar-refractivity contribution in [2.45, 2.75) is 43.9 Å². The van der Waals surface area contributed by atoms with Crippen LogP contribution in [0.25, 0.3) is 10.4 Å². The Balaban J connectivity index is 1.75. The van der Waals surface area contributed by atoms with E-state index in [9.17, 15) is 5.11 Å². The largest absolute Gasteiger partial charge is 0.497 e. The van der Waals surface area contributed by atoms with Gasteiger partial charge in [-0.1, -0.05) is 17.2 Å². The molecular formula is C16H21N3O6. The van der Waals surface area contributed by atoms with Gasteiger partial charge in [0.2, 0.25) is 0 Å². The van der Waals surface area contributed by atoms with Crippen LogP contribution in [0.2, 0.25) is 0 Å². The predicted molar refractivity (Wildman–Crippen MR) is 85.8 cm³/mol. The number of aliphatic hydroxyl groups is 1. The molecule has 25 heavy (non-hydrogen) atoms. The summed E-state index contributed by atoms with van der Waals surface area (Å²) in [4.78, 5) is 2.78. The van der Waals surface area contributed by atoms with E-state index in [4.69, 9.17) is 29.2 Å². The Kier molecular flexibility index (Phi) is 5.74. The lowest BCUT2D eigenvalue weighted by atomic mass is 9.96. The SMILES string of the molecule is CCO[C@@H]1OC2COC(c3ccc(OC)cc3)O[C@@H]2[C@H](O)C1N=[N+]=[N-]. The maximum absolute atomic E-state index is 10.6. The van der Waals surface area contributed by atoms with Crippen LogP contribution < -0.4 is 4.74 Å². The molecule has 3 rings (SSSR count). The van der Waals surface area contributed by atoms with Gasteiger partial charge in [-0.2, -0.15) is 0 Å². The molecule has 0 bridgehead atoms. The first kappa shape index (κ1) is 17.9. The average Bonchev–Trinajstić information content (AvgIpc) is 2.65. The van der Waals surface area contributed by atoms with Gasteiger partial charge in [0, 0.05) is 17.1 Å². The standard InChI is InChI=1S/C16H21N3O6/c1-3-22-16-12(18-19-17)13(20)14-11(24-16)8-23-15(25-14)9-4-6-10(21-2)7-5-9/h4-7,11-16,20H,3,8H2,1-2H3/t11?,12?,13-,14+,15?,16-/m1/s1. The van der Waals surface area contributed by atoms with Crippen LogP contribution in [0.1, 0.15) is 18.8 Å². The second-order valence-electron chi connectivity index (χ2n) is 5.72. The molecule has 2 fully saturated rings. The molecule has 0 spiro atoms. The Bertz CT molecular complexity index is 621. The topological polar surface area (TPSA) is 115 Å². The summed E-state index contributed by atoms with van der Waals surface area (Å²) in [6, 6.07) is 6.37. The minimum absolute atomic E-state index is 0.227. The Morgan fingerprint density at radius 2 is 2.08 bits per heavy atom. The van der Waals surface area contributed by atoms with Gasteiger partial charge in [0.15, 0.2) is 12.6 Å². The molecule has 1 N–H and O–H groups in total. The van der Waals surface area contributed by atoms with Crippen molar-refractivity contribution in [2.24, 2.45) is 5.11 Å². The van der Waals surface area contributed by atoms with Gasteiger partial charge in [0.1, 0.15) is 24.0 Å². The second-order valence-corrected chi connectivity index (χ2v) is 5.72.